The molecule has 0 radical (unpaired) electrons. The molecule has 5 heteroatoms. The van der Waals surface area contributed by atoms with Crippen molar-refractivity contribution in [1.82, 2.24) is 0 Å². The normalized spacial score (nSPS) is 9.19. The number of carboxylic acids is 1. The number of carbonyl (C=O) groups is 2. The second kappa shape index (κ2) is 10.9. The van der Waals surface area contributed by atoms with Crippen molar-refractivity contribution in [2.24, 2.45) is 4.99 Å². The summed E-state index contributed by atoms with van der Waals surface area (Å²) >= 11 is 0. The van der Waals surface area contributed by atoms with E-state index in [0.29, 0.717) is 5.57 Å². The molecule has 0 atom stereocenters. The first-order valence-corrected chi connectivity index (χ1v) is 4.27. The Morgan fingerprint density at radius 3 is 2.25 bits per heavy atom. The lowest BCUT2D eigenvalue weighted by Crippen LogP contribution is -2.17. The molecule has 0 aromatic rings. The van der Waals surface area contributed by atoms with Gasteiger partial charge < -0.3 is 9.84 Å². The van der Waals surface area contributed by atoms with E-state index in [9.17, 15) is 9.59 Å². The minimum absolute atomic E-state index is 0.173. The summed E-state index contributed by atoms with van der Waals surface area (Å²) in [6, 6.07) is 0. The lowest BCUT2D eigenvalue weighted by Gasteiger charge is -2.00. The van der Waals surface area contributed by atoms with Crippen molar-refractivity contribution in [3.05, 3.63) is 37.1 Å². The van der Waals surface area contributed by atoms with Crippen LogP contribution in [-0.2, 0) is 14.3 Å². The third-order valence-corrected chi connectivity index (χ3v) is 1.06. The zero-order valence-corrected chi connectivity index (χ0v) is 9.18. The fourth-order valence-corrected chi connectivity index (χ4v) is 0.477. The smallest absolute Gasteiger partial charge is 0.417 e. The highest BCUT2D eigenvalue weighted by Gasteiger charge is 2.12. The van der Waals surface area contributed by atoms with Crippen molar-refractivity contribution in [3.8, 4) is 0 Å². The molecule has 0 aromatic heterocycles. The molecule has 0 fully saturated rings. The summed E-state index contributed by atoms with van der Waals surface area (Å²) in [6.07, 6.45) is 4.46. The molecule has 0 rings (SSSR count). The molecule has 1 N–H and O–H groups in total. The van der Waals surface area contributed by atoms with Crippen LogP contribution in [0, 0.1) is 0 Å². The van der Waals surface area contributed by atoms with E-state index in [2.05, 4.69) is 29.6 Å². The molecule has 16 heavy (non-hydrogen) atoms. The molecule has 0 aromatic carbocycles. The minimum Gasteiger partial charge on any atom is -0.473 e. The van der Waals surface area contributed by atoms with Gasteiger partial charge in [0.2, 0.25) is 0 Å². The first kappa shape index (κ1) is 16.3. The SMILES string of the molecule is C=C/C(=C\N=C)COC(=O)C(=O)O.C=CC. The highest BCUT2D eigenvalue weighted by Crippen LogP contribution is 1.97. The molecule has 0 aliphatic heterocycles. The molecule has 0 heterocycles. The molecule has 5 nitrogen and oxygen atoms in total. The van der Waals surface area contributed by atoms with Crippen molar-refractivity contribution in [2.75, 3.05) is 6.61 Å². The minimum atomic E-state index is -1.63. The lowest BCUT2D eigenvalue weighted by molar-refractivity contribution is -0.163. The molecule has 0 amide bonds. The van der Waals surface area contributed by atoms with Crippen molar-refractivity contribution in [3.63, 3.8) is 0 Å². The van der Waals surface area contributed by atoms with Gasteiger partial charge >= 0.3 is 11.9 Å². The average Bonchev–Trinajstić information content (AvgIpc) is 2.24. The molecule has 0 saturated heterocycles. The van der Waals surface area contributed by atoms with Gasteiger partial charge in [-0.15, -0.1) is 6.58 Å². The number of esters is 1. The molecule has 0 aliphatic rings. The Morgan fingerprint density at radius 1 is 1.44 bits per heavy atom. The molecular formula is C11H15NO4. The third-order valence-electron chi connectivity index (χ3n) is 1.06. The summed E-state index contributed by atoms with van der Waals surface area (Å²) in [6.45, 7) is 11.7. The zero-order chi connectivity index (χ0) is 13.0. The van der Waals surface area contributed by atoms with Crippen molar-refractivity contribution >= 4 is 18.7 Å². The number of hydrogen-bond donors (Lipinski definition) is 1. The van der Waals surface area contributed by atoms with Crippen LogP contribution in [0.3, 0.4) is 0 Å². The highest BCUT2D eigenvalue weighted by atomic mass is 16.6. The van der Waals surface area contributed by atoms with Crippen LogP contribution in [0.4, 0.5) is 0 Å². The average molecular weight is 225 g/mol. The Morgan fingerprint density at radius 2 is 1.94 bits per heavy atom. The Bertz CT molecular complexity index is 305. The van der Waals surface area contributed by atoms with Crippen molar-refractivity contribution in [2.45, 2.75) is 6.92 Å². The number of allylic oxidation sites excluding steroid dienone is 1. The second-order valence-corrected chi connectivity index (χ2v) is 2.38. The number of ether oxygens (including phenoxy) is 1. The van der Waals surface area contributed by atoms with Gasteiger partial charge in [-0.3, -0.25) is 4.99 Å². The first-order chi connectivity index (χ1) is 7.53. The largest absolute Gasteiger partial charge is 0.473 e. The predicted molar refractivity (Wildman–Crippen MR) is 62.3 cm³/mol. The van der Waals surface area contributed by atoms with Gasteiger partial charge in [-0.25, -0.2) is 9.59 Å². The van der Waals surface area contributed by atoms with Crippen LogP contribution in [0.5, 0.6) is 0 Å². The first-order valence-electron chi connectivity index (χ1n) is 4.27. The summed E-state index contributed by atoms with van der Waals surface area (Å²) in [7, 11) is 0. The second-order valence-electron chi connectivity index (χ2n) is 2.38. The number of nitrogens with zero attached hydrogens (tertiary/aromatic N) is 1. The van der Waals surface area contributed by atoms with E-state index in [1.54, 1.807) is 6.08 Å². The van der Waals surface area contributed by atoms with E-state index in [1.807, 2.05) is 6.92 Å². The number of aliphatic carboxylic acids is 1. The summed E-state index contributed by atoms with van der Waals surface area (Å²) in [5.41, 5.74) is 0.476. The van der Waals surface area contributed by atoms with Crippen LogP contribution in [0.2, 0.25) is 0 Å². The topological polar surface area (TPSA) is 76.0 Å². The van der Waals surface area contributed by atoms with Gasteiger partial charge in [0, 0.05) is 11.8 Å². The lowest BCUT2D eigenvalue weighted by atomic mass is 10.3. The fraction of sp³-hybridized carbons (Fsp3) is 0.182. The number of rotatable bonds is 4. The van der Waals surface area contributed by atoms with Crippen LogP contribution < -0.4 is 0 Å². The van der Waals surface area contributed by atoms with E-state index in [1.165, 1.54) is 12.3 Å². The van der Waals surface area contributed by atoms with E-state index in [0.717, 1.165) is 0 Å². The Kier molecular flexibility index (Phi) is 11.1. The van der Waals surface area contributed by atoms with E-state index >= 15 is 0 Å². The molecule has 88 valence electrons. The van der Waals surface area contributed by atoms with E-state index in [-0.39, 0.29) is 6.61 Å². The molecular weight excluding hydrogens is 210 g/mol. The summed E-state index contributed by atoms with van der Waals surface area (Å²) < 4.78 is 4.34. The van der Waals surface area contributed by atoms with Crippen LogP contribution >= 0.6 is 0 Å². The van der Waals surface area contributed by atoms with Crippen LogP contribution in [0.15, 0.2) is 42.1 Å². The van der Waals surface area contributed by atoms with Crippen LogP contribution in [0.1, 0.15) is 6.92 Å². The van der Waals surface area contributed by atoms with Gasteiger partial charge in [-0.05, 0) is 13.6 Å². The summed E-state index contributed by atoms with van der Waals surface area (Å²) in [5, 5.41) is 8.14. The van der Waals surface area contributed by atoms with Gasteiger partial charge in [-0.2, -0.15) is 0 Å². The Labute approximate surface area is 94.5 Å². The Hall–Kier alpha value is -2.17. The van der Waals surface area contributed by atoms with Gasteiger partial charge in [0.25, 0.3) is 0 Å². The third kappa shape index (κ3) is 9.91. The monoisotopic (exact) mass is 225 g/mol. The van der Waals surface area contributed by atoms with Crippen molar-refractivity contribution in [1.29, 1.82) is 0 Å². The summed E-state index contributed by atoms with van der Waals surface area (Å²) in [5.74, 6) is -2.94. The maximum atomic E-state index is 10.4. The molecule has 0 bridgehead atoms. The van der Waals surface area contributed by atoms with Gasteiger partial charge in [0.1, 0.15) is 6.61 Å². The number of carbonyl (C=O) groups excluding carboxylic acids is 1. The van der Waals surface area contributed by atoms with Gasteiger partial charge in [0.15, 0.2) is 0 Å². The number of carboxylic acid groups (broad SMARTS) is 1. The van der Waals surface area contributed by atoms with E-state index < -0.39 is 11.9 Å². The predicted octanol–water partition coefficient (Wildman–Crippen LogP) is 1.58. The summed E-state index contributed by atoms with van der Waals surface area (Å²) in [4.78, 5) is 23.8. The quantitative estimate of drug-likeness (QED) is 0.259. The maximum Gasteiger partial charge on any atom is 0.417 e. The van der Waals surface area contributed by atoms with Crippen LogP contribution in [-0.4, -0.2) is 30.4 Å². The highest BCUT2D eigenvalue weighted by molar-refractivity contribution is 6.28. The molecule has 0 unspecified atom stereocenters. The standard InChI is InChI=1S/C8H9NO4.C3H6/c1-3-6(4-9-2)5-13-8(12)7(10)11;1-3-2/h3-4H,1-2,5H2,(H,10,11);3H,1H2,2H3/b6-4+;. The molecule has 0 saturated carbocycles. The maximum absolute atomic E-state index is 10.4. The Balaban J connectivity index is 0. The van der Waals surface area contributed by atoms with Crippen LogP contribution in [0.25, 0.3) is 0 Å². The van der Waals surface area contributed by atoms with Crippen molar-refractivity contribution < 1.29 is 19.4 Å². The molecule has 0 aliphatic carbocycles. The zero-order valence-electron chi connectivity index (χ0n) is 9.18. The van der Waals surface area contributed by atoms with E-state index in [4.69, 9.17) is 5.11 Å². The fourth-order valence-electron chi connectivity index (χ4n) is 0.477. The number of aliphatic imine (C=N–C) groups is 1. The van der Waals surface area contributed by atoms with Gasteiger partial charge in [0.05, 0.1) is 0 Å². The number of hydrogen-bond acceptors (Lipinski definition) is 4. The molecule has 0 spiro atoms. The van der Waals surface area contributed by atoms with Gasteiger partial charge in [-0.1, -0.05) is 18.7 Å².